The summed E-state index contributed by atoms with van der Waals surface area (Å²) < 4.78 is 44.7. The third-order valence-corrected chi connectivity index (χ3v) is 6.71. The molecule has 3 aromatic rings. The van der Waals surface area contributed by atoms with E-state index < -0.39 is 30.7 Å². The number of nitrogens with two attached hydrogens (primary N) is 1. The van der Waals surface area contributed by atoms with Crippen molar-refractivity contribution in [1.82, 2.24) is 20.1 Å². The monoisotopic (exact) mass is 491 g/mol. The zero-order valence-electron chi connectivity index (χ0n) is 18.4. The number of rotatable bonds is 5. The summed E-state index contributed by atoms with van der Waals surface area (Å²) in [6.45, 7) is 1.65. The van der Waals surface area contributed by atoms with Crippen LogP contribution in [0, 0.1) is 12.7 Å². The average molecular weight is 492 g/mol. The maximum absolute atomic E-state index is 14.3. The minimum absolute atomic E-state index is 0.0473. The highest BCUT2D eigenvalue weighted by Crippen LogP contribution is 2.41. The van der Waals surface area contributed by atoms with Gasteiger partial charge in [-0.25, -0.2) is 22.8 Å². The van der Waals surface area contributed by atoms with Crippen LogP contribution in [-0.2, 0) is 0 Å². The fourth-order valence-electron chi connectivity index (χ4n) is 4.02. The van der Waals surface area contributed by atoms with E-state index in [1.54, 1.807) is 21.7 Å². The summed E-state index contributed by atoms with van der Waals surface area (Å²) >= 11 is 1.01. The Labute approximate surface area is 198 Å². The van der Waals surface area contributed by atoms with Crippen LogP contribution in [0.4, 0.5) is 29.7 Å². The maximum atomic E-state index is 14.3. The molecule has 1 saturated heterocycles. The smallest absolute Gasteiger partial charge is 0.277 e. The van der Waals surface area contributed by atoms with Gasteiger partial charge in [0.2, 0.25) is 0 Å². The standard InChI is InChI=1S/C22H24F3N7OS/c1-12-2-5-15(23)14(8-12)20-30-17(18(26)34-20)19(33)29-16-9-28-32(13-3-4-13)21(16)31-7-6-27-10-22(24,25)11-31/h2,5,8-9,13,27H,3-4,6-7,10-11,26H2,1H3,(H,29,33). The molecular formula is C22H24F3N7OS. The molecule has 180 valence electrons. The van der Waals surface area contributed by atoms with Gasteiger partial charge in [-0.2, -0.15) is 5.10 Å². The van der Waals surface area contributed by atoms with Crippen LogP contribution in [0.25, 0.3) is 10.6 Å². The molecule has 1 aromatic carbocycles. The van der Waals surface area contributed by atoms with E-state index in [1.807, 2.05) is 6.92 Å². The second kappa shape index (κ2) is 8.58. The molecule has 5 rings (SSSR count). The Morgan fingerprint density at radius 3 is 2.91 bits per heavy atom. The summed E-state index contributed by atoms with van der Waals surface area (Å²) in [6.07, 6.45) is 3.26. The number of alkyl halides is 2. The Bertz CT molecular complexity index is 1240. The number of hydrogen-bond donors (Lipinski definition) is 3. The van der Waals surface area contributed by atoms with Crippen LogP contribution in [0.1, 0.15) is 34.9 Å². The molecule has 1 amide bonds. The van der Waals surface area contributed by atoms with Gasteiger partial charge in [-0.1, -0.05) is 23.0 Å². The number of carbonyl (C=O) groups excluding carboxylic acids is 1. The van der Waals surface area contributed by atoms with Crippen LogP contribution in [0.15, 0.2) is 24.4 Å². The summed E-state index contributed by atoms with van der Waals surface area (Å²) in [5, 5.41) is 10.3. The Hall–Kier alpha value is -3.12. The first-order valence-corrected chi connectivity index (χ1v) is 11.8. The van der Waals surface area contributed by atoms with Gasteiger partial charge in [0, 0.05) is 18.7 Å². The number of nitrogens with zero attached hydrogens (tertiary/aromatic N) is 4. The van der Waals surface area contributed by atoms with Crippen molar-refractivity contribution in [3.05, 3.63) is 41.5 Å². The van der Waals surface area contributed by atoms with Crippen molar-refractivity contribution in [2.45, 2.75) is 31.7 Å². The lowest BCUT2D eigenvalue weighted by molar-refractivity contribution is 0.0155. The molecule has 0 bridgehead atoms. The molecule has 2 aliphatic rings. The first kappa shape index (κ1) is 22.7. The minimum Gasteiger partial charge on any atom is -0.389 e. The molecule has 0 unspecified atom stereocenters. The number of thiazole rings is 1. The van der Waals surface area contributed by atoms with Crippen molar-refractivity contribution in [2.75, 3.05) is 42.1 Å². The van der Waals surface area contributed by atoms with E-state index >= 15 is 0 Å². The number of nitrogens with one attached hydrogen (secondary N) is 2. The fraction of sp³-hybridized carbons (Fsp3) is 0.409. The zero-order valence-corrected chi connectivity index (χ0v) is 19.3. The SMILES string of the molecule is Cc1ccc(F)c(-c2nc(C(=O)Nc3cnn(C4CC4)c3N3CCNCC(F)(F)C3)c(N)s2)c1. The fourth-order valence-corrected chi connectivity index (χ4v) is 4.87. The molecule has 4 N–H and O–H groups in total. The largest absolute Gasteiger partial charge is 0.389 e. The van der Waals surface area contributed by atoms with Gasteiger partial charge in [0.15, 0.2) is 11.5 Å². The molecule has 0 atom stereocenters. The van der Waals surface area contributed by atoms with E-state index in [1.165, 1.54) is 12.3 Å². The molecule has 34 heavy (non-hydrogen) atoms. The molecule has 2 aromatic heterocycles. The predicted octanol–water partition coefficient (Wildman–Crippen LogP) is 3.67. The molecule has 0 spiro atoms. The first-order valence-electron chi connectivity index (χ1n) is 11.0. The number of nitrogen functional groups attached to an aromatic ring is 1. The average Bonchev–Trinajstić information content (AvgIpc) is 3.47. The van der Waals surface area contributed by atoms with E-state index in [0.29, 0.717) is 24.6 Å². The molecule has 12 heteroatoms. The lowest BCUT2D eigenvalue weighted by Gasteiger charge is -2.27. The Balaban J connectivity index is 1.45. The highest BCUT2D eigenvalue weighted by molar-refractivity contribution is 7.19. The van der Waals surface area contributed by atoms with Crippen LogP contribution in [0.3, 0.4) is 0 Å². The molecule has 1 aliphatic heterocycles. The number of halogens is 3. The van der Waals surface area contributed by atoms with Gasteiger partial charge < -0.3 is 21.3 Å². The van der Waals surface area contributed by atoms with Gasteiger partial charge in [0.05, 0.1) is 25.3 Å². The van der Waals surface area contributed by atoms with E-state index in [0.717, 1.165) is 29.7 Å². The minimum atomic E-state index is -2.93. The normalized spacial score (nSPS) is 18.1. The quantitative estimate of drug-likeness (QED) is 0.504. The molecule has 3 heterocycles. The van der Waals surface area contributed by atoms with Crippen LogP contribution < -0.4 is 21.3 Å². The third kappa shape index (κ3) is 4.47. The molecule has 1 saturated carbocycles. The molecular weight excluding hydrogens is 467 g/mol. The van der Waals surface area contributed by atoms with Gasteiger partial charge in [-0.05, 0) is 31.9 Å². The highest BCUT2D eigenvalue weighted by Gasteiger charge is 2.38. The van der Waals surface area contributed by atoms with Crippen LogP contribution in [0.5, 0.6) is 0 Å². The van der Waals surface area contributed by atoms with Gasteiger partial charge in [0.1, 0.15) is 21.5 Å². The maximum Gasteiger partial charge on any atom is 0.277 e. The summed E-state index contributed by atoms with van der Waals surface area (Å²) in [5.41, 5.74) is 7.42. The number of anilines is 3. The predicted molar refractivity (Wildman–Crippen MR) is 125 cm³/mol. The first-order chi connectivity index (χ1) is 16.2. The Morgan fingerprint density at radius 1 is 1.35 bits per heavy atom. The van der Waals surface area contributed by atoms with E-state index in [9.17, 15) is 18.0 Å². The lowest BCUT2D eigenvalue weighted by atomic mass is 10.1. The second-order valence-corrected chi connectivity index (χ2v) is 9.71. The van der Waals surface area contributed by atoms with Crippen LogP contribution in [0.2, 0.25) is 0 Å². The summed E-state index contributed by atoms with van der Waals surface area (Å²) in [5.74, 6) is -3.56. The molecule has 1 aliphatic carbocycles. The van der Waals surface area contributed by atoms with Crippen LogP contribution >= 0.6 is 11.3 Å². The molecule has 0 radical (unpaired) electrons. The van der Waals surface area contributed by atoms with Gasteiger partial charge in [0.25, 0.3) is 11.8 Å². The van der Waals surface area contributed by atoms with Gasteiger partial charge >= 0.3 is 0 Å². The highest BCUT2D eigenvalue weighted by atomic mass is 32.1. The van der Waals surface area contributed by atoms with Crippen molar-refractivity contribution in [2.24, 2.45) is 0 Å². The zero-order chi connectivity index (χ0) is 24.0. The number of aryl methyl sites for hydroxylation is 1. The summed E-state index contributed by atoms with van der Waals surface area (Å²) in [4.78, 5) is 18.9. The second-order valence-electron chi connectivity index (χ2n) is 8.68. The van der Waals surface area contributed by atoms with E-state index in [2.05, 4.69) is 20.7 Å². The van der Waals surface area contributed by atoms with Crippen molar-refractivity contribution < 1.29 is 18.0 Å². The third-order valence-electron chi connectivity index (χ3n) is 5.79. The van der Waals surface area contributed by atoms with Crippen LogP contribution in [-0.4, -0.2) is 52.8 Å². The Morgan fingerprint density at radius 2 is 2.15 bits per heavy atom. The number of carbonyl (C=O) groups is 1. The van der Waals surface area contributed by atoms with E-state index in [4.69, 9.17) is 5.73 Å². The summed E-state index contributed by atoms with van der Waals surface area (Å²) in [7, 11) is 0. The number of amides is 1. The summed E-state index contributed by atoms with van der Waals surface area (Å²) in [6, 6.07) is 4.74. The van der Waals surface area contributed by atoms with Gasteiger partial charge in [-0.3, -0.25) is 4.79 Å². The molecule has 2 fully saturated rings. The van der Waals surface area contributed by atoms with Crippen molar-refractivity contribution in [3.8, 4) is 10.6 Å². The topological polar surface area (TPSA) is 101 Å². The number of hydrogen-bond acceptors (Lipinski definition) is 7. The molecule has 8 nitrogen and oxygen atoms in total. The van der Waals surface area contributed by atoms with E-state index in [-0.39, 0.29) is 27.3 Å². The Kier molecular flexibility index (Phi) is 5.72. The lowest BCUT2D eigenvalue weighted by Crippen LogP contribution is -2.39. The number of aromatic nitrogens is 3. The van der Waals surface area contributed by atoms with Crippen molar-refractivity contribution in [3.63, 3.8) is 0 Å². The van der Waals surface area contributed by atoms with Crippen molar-refractivity contribution >= 4 is 33.8 Å². The number of benzene rings is 1. The van der Waals surface area contributed by atoms with Gasteiger partial charge in [-0.15, -0.1) is 0 Å². The van der Waals surface area contributed by atoms with Crippen molar-refractivity contribution in [1.29, 1.82) is 0 Å².